The summed E-state index contributed by atoms with van der Waals surface area (Å²) in [6, 6.07) is 6.00. The van der Waals surface area contributed by atoms with Gasteiger partial charge in [0.2, 0.25) is 0 Å². The van der Waals surface area contributed by atoms with Gasteiger partial charge in [-0.3, -0.25) is 4.68 Å². The average Bonchev–Trinajstić information content (AvgIpc) is 3.13. The Labute approximate surface area is 177 Å². The molecular weight excluding hydrogens is 417 g/mol. The normalized spacial score (nSPS) is 13.7. The largest absolute Gasteiger partial charge is 0.490 e. The highest BCUT2D eigenvalue weighted by molar-refractivity contribution is 5.75. The van der Waals surface area contributed by atoms with Crippen LogP contribution in [-0.2, 0) is 17.9 Å². The van der Waals surface area contributed by atoms with E-state index in [-0.39, 0.29) is 12.1 Å². The Morgan fingerprint density at radius 3 is 2.48 bits per heavy atom. The Bertz CT molecular complexity index is 858. The van der Waals surface area contributed by atoms with Gasteiger partial charge in [0, 0.05) is 49.8 Å². The van der Waals surface area contributed by atoms with Gasteiger partial charge in [0.25, 0.3) is 0 Å². The molecule has 0 spiro atoms. The summed E-state index contributed by atoms with van der Waals surface area (Å²) < 4.78 is 33.6. The molecule has 2 N–H and O–H groups in total. The number of fused-ring (bicyclic) bond motifs is 1. The molecule has 0 saturated carbocycles. The van der Waals surface area contributed by atoms with Crippen molar-refractivity contribution >= 4 is 17.8 Å². The zero-order valence-electron chi connectivity index (χ0n) is 17.2. The number of pyridine rings is 1. The molecule has 0 aromatic carbocycles. The smallest absolute Gasteiger partial charge is 0.475 e. The second kappa shape index (κ2) is 10.6. The molecule has 12 heteroatoms. The van der Waals surface area contributed by atoms with Gasteiger partial charge in [-0.05, 0) is 26.0 Å². The number of nitrogens with one attached hydrogen (secondary N) is 1. The van der Waals surface area contributed by atoms with E-state index < -0.39 is 12.1 Å². The standard InChI is InChI=1S/C17H24N6O.C2HF3O2/c1-14(2)20-17(24)22-10-9-21(11-12-23-8-4-7-19-23)16-15(13-22)5-3-6-18-16;3-2(4,5)1(6)7/h3-8,14H,9-13H2,1-2H3,(H,20,24);(H,6,7). The fourth-order valence-electron chi connectivity index (χ4n) is 2.86. The summed E-state index contributed by atoms with van der Waals surface area (Å²) in [6.45, 7) is 7.57. The number of carbonyl (C=O) groups is 2. The van der Waals surface area contributed by atoms with E-state index in [0.717, 1.165) is 31.0 Å². The van der Waals surface area contributed by atoms with E-state index in [1.54, 1.807) is 6.20 Å². The predicted molar refractivity (Wildman–Crippen MR) is 106 cm³/mol. The lowest BCUT2D eigenvalue weighted by Gasteiger charge is -2.24. The molecule has 0 atom stereocenters. The van der Waals surface area contributed by atoms with Crippen LogP contribution in [0.3, 0.4) is 0 Å². The number of hydrogen-bond acceptors (Lipinski definition) is 5. The zero-order valence-corrected chi connectivity index (χ0v) is 17.2. The highest BCUT2D eigenvalue weighted by atomic mass is 19.4. The molecule has 2 aromatic rings. The monoisotopic (exact) mass is 442 g/mol. The van der Waals surface area contributed by atoms with E-state index >= 15 is 0 Å². The van der Waals surface area contributed by atoms with Crippen molar-refractivity contribution in [3.63, 3.8) is 0 Å². The number of alkyl halides is 3. The minimum absolute atomic E-state index is 0.0197. The molecule has 1 aliphatic rings. The first kappa shape index (κ1) is 24.0. The molecule has 0 bridgehead atoms. The van der Waals surface area contributed by atoms with Gasteiger partial charge >= 0.3 is 18.2 Å². The van der Waals surface area contributed by atoms with Gasteiger partial charge in [-0.2, -0.15) is 18.3 Å². The molecule has 170 valence electrons. The van der Waals surface area contributed by atoms with Crippen molar-refractivity contribution < 1.29 is 27.9 Å². The Kier molecular flexibility index (Phi) is 8.22. The Hall–Kier alpha value is -3.31. The summed E-state index contributed by atoms with van der Waals surface area (Å²) in [5.41, 5.74) is 1.08. The van der Waals surface area contributed by atoms with E-state index in [1.807, 2.05) is 54.0 Å². The number of anilines is 1. The second-order valence-electron chi connectivity index (χ2n) is 7.07. The first-order valence-corrected chi connectivity index (χ1v) is 9.59. The minimum Gasteiger partial charge on any atom is -0.475 e. The molecule has 3 rings (SSSR count). The van der Waals surface area contributed by atoms with Crippen LogP contribution in [-0.4, -0.2) is 68.6 Å². The van der Waals surface area contributed by atoms with E-state index in [1.165, 1.54) is 0 Å². The predicted octanol–water partition coefficient (Wildman–Crippen LogP) is 2.35. The number of carboxylic acid groups (broad SMARTS) is 1. The van der Waals surface area contributed by atoms with Crippen LogP contribution in [0.4, 0.5) is 23.8 Å². The van der Waals surface area contributed by atoms with Crippen molar-refractivity contribution in [2.75, 3.05) is 24.5 Å². The maximum atomic E-state index is 12.4. The molecule has 2 amide bonds. The van der Waals surface area contributed by atoms with Crippen molar-refractivity contribution in [3.8, 4) is 0 Å². The fraction of sp³-hybridized carbons (Fsp3) is 0.474. The SMILES string of the molecule is CC(C)NC(=O)N1CCN(CCn2cccn2)c2ncccc2C1.O=C(O)C(F)(F)F. The summed E-state index contributed by atoms with van der Waals surface area (Å²) in [4.78, 5) is 29.9. The van der Waals surface area contributed by atoms with Crippen molar-refractivity contribution in [2.45, 2.75) is 39.2 Å². The molecule has 0 radical (unpaired) electrons. The van der Waals surface area contributed by atoms with E-state index in [0.29, 0.717) is 13.1 Å². The zero-order chi connectivity index (χ0) is 23.0. The highest BCUT2D eigenvalue weighted by Gasteiger charge is 2.38. The van der Waals surface area contributed by atoms with Gasteiger partial charge in [-0.1, -0.05) is 6.07 Å². The number of halogens is 3. The number of aliphatic carboxylic acids is 1. The number of hydrogen-bond donors (Lipinski definition) is 2. The number of rotatable bonds is 4. The molecule has 31 heavy (non-hydrogen) atoms. The van der Waals surface area contributed by atoms with Gasteiger partial charge in [0.1, 0.15) is 5.82 Å². The summed E-state index contributed by atoms with van der Waals surface area (Å²) in [5, 5.41) is 14.4. The lowest BCUT2D eigenvalue weighted by atomic mass is 10.2. The lowest BCUT2D eigenvalue weighted by molar-refractivity contribution is -0.192. The summed E-state index contributed by atoms with van der Waals surface area (Å²) >= 11 is 0. The fourth-order valence-corrected chi connectivity index (χ4v) is 2.86. The van der Waals surface area contributed by atoms with Crippen LogP contribution >= 0.6 is 0 Å². The summed E-state index contributed by atoms with van der Waals surface area (Å²) in [7, 11) is 0. The molecule has 2 aromatic heterocycles. The summed E-state index contributed by atoms with van der Waals surface area (Å²) in [5.74, 6) is -1.79. The first-order valence-electron chi connectivity index (χ1n) is 9.59. The van der Waals surface area contributed by atoms with Crippen LogP contribution in [0.2, 0.25) is 0 Å². The number of carbonyl (C=O) groups excluding carboxylic acids is 1. The maximum absolute atomic E-state index is 12.4. The van der Waals surface area contributed by atoms with Gasteiger partial charge in [-0.15, -0.1) is 0 Å². The van der Waals surface area contributed by atoms with E-state index in [4.69, 9.17) is 9.90 Å². The Balaban J connectivity index is 0.000000423. The third-order valence-electron chi connectivity index (χ3n) is 4.27. The quantitative estimate of drug-likeness (QED) is 0.754. The molecule has 0 fully saturated rings. The Morgan fingerprint density at radius 2 is 1.90 bits per heavy atom. The number of carboxylic acids is 1. The van der Waals surface area contributed by atoms with Crippen molar-refractivity contribution in [2.24, 2.45) is 0 Å². The van der Waals surface area contributed by atoms with Gasteiger partial charge in [0.05, 0.1) is 13.1 Å². The van der Waals surface area contributed by atoms with Gasteiger partial charge < -0.3 is 20.2 Å². The number of urea groups is 1. The van der Waals surface area contributed by atoms with Crippen LogP contribution in [0.1, 0.15) is 19.4 Å². The lowest BCUT2D eigenvalue weighted by Crippen LogP contribution is -2.44. The topological polar surface area (TPSA) is 104 Å². The van der Waals surface area contributed by atoms with Gasteiger partial charge in [-0.25, -0.2) is 14.6 Å². The molecule has 1 aliphatic heterocycles. The van der Waals surface area contributed by atoms with Crippen LogP contribution < -0.4 is 10.2 Å². The molecule has 0 unspecified atom stereocenters. The van der Waals surface area contributed by atoms with Crippen LogP contribution in [0.25, 0.3) is 0 Å². The molecule has 3 heterocycles. The Morgan fingerprint density at radius 1 is 1.19 bits per heavy atom. The maximum Gasteiger partial charge on any atom is 0.490 e. The van der Waals surface area contributed by atoms with Crippen LogP contribution in [0.15, 0.2) is 36.8 Å². The number of nitrogens with zero attached hydrogens (tertiary/aromatic N) is 5. The summed E-state index contributed by atoms with van der Waals surface area (Å²) in [6.07, 6.45) is 0.468. The number of aromatic nitrogens is 3. The van der Waals surface area contributed by atoms with Crippen molar-refractivity contribution in [1.29, 1.82) is 0 Å². The highest BCUT2D eigenvalue weighted by Crippen LogP contribution is 2.22. The molecular formula is C19H25F3N6O3. The molecule has 9 nitrogen and oxygen atoms in total. The van der Waals surface area contributed by atoms with Crippen molar-refractivity contribution in [3.05, 3.63) is 42.4 Å². The van der Waals surface area contributed by atoms with E-state index in [9.17, 15) is 18.0 Å². The third kappa shape index (κ3) is 7.46. The first-order chi connectivity index (χ1) is 14.6. The van der Waals surface area contributed by atoms with Crippen LogP contribution in [0, 0.1) is 0 Å². The van der Waals surface area contributed by atoms with E-state index in [2.05, 4.69) is 20.3 Å². The molecule has 0 aliphatic carbocycles. The number of amides is 2. The van der Waals surface area contributed by atoms with Crippen molar-refractivity contribution in [1.82, 2.24) is 25.0 Å². The average molecular weight is 442 g/mol. The second-order valence-corrected chi connectivity index (χ2v) is 7.07. The third-order valence-corrected chi connectivity index (χ3v) is 4.27. The van der Waals surface area contributed by atoms with Crippen LogP contribution in [0.5, 0.6) is 0 Å². The minimum atomic E-state index is -5.08. The molecule has 0 saturated heterocycles. The van der Waals surface area contributed by atoms with Gasteiger partial charge in [0.15, 0.2) is 0 Å².